The van der Waals surface area contributed by atoms with Crippen molar-refractivity contribution in [3.8, 4) is 0 Å². The van der Waals surface area contributed by atoms with Crippen molar-refractivity contribution in [2.24, 2.45) is 0 Å². The Kier molecular flexibility index (Phi) is 4.99. The number of rotatable bonds is 5. The summed E-state index contributed by atoms with van der Waals surface area (Å²) < 4.78 is 5.00. The second-order valence-corrected chi connectivity index (χ2v) is 6.14. The van der Waals surface area contributed by atoms with Crippen molar-refractivity contribution in [2.75, 3.05) is 13.7 Å². The number of ether oxygens (including phenoxy) is 1. The van der Waals surface area contributed by atoms with E-state index in [4.69, 9.17) is 4.74 Å². The molecule has 4 heteroatoms. The number of hydrogen-bond acceptors (Lipinski definition) is 4. The minimum Gasteiger partial charge on any atom is -0.468 e. The van der Waals surface area contributed by atoms with Gasteiger partial charge in [0.15, 0.2) is 0 Å². The molecule has 1 aliphatic rings. The number of carbonyl (C=O) groups excluding carboxylic acids is 1. The smallest absolute Gasteiger partial charge is 0.323 e. The normalized spacial score (nSPS) is 20.9. The summed E-state index contributed by atoms with van der Waals surface area (Å²) in [5.74, 6) is -0.0843. The van der Waals surface area contributed by atoms with Crippen LogP contribution in [0, 0.1) is 0 Å². The maximum atomic E-state index is 12.1. The van der Waals surface area contributed by atoms with Gasteiger partial charge in [-0.15, -0.1) is 11.3 Å². The number of thiophene rings is 1. The Bertz CT molecular complexity index is 430. The number of esters is 1. The van der Waals surface area contributed by atoms with Gasteiger partial charge in [0.2, 0.25) is 0 Å². The molecule has 106 valence electrons. The average molecular weight is 281 g/mol. The SMILES string of the molecule is CCCCC(C(=O)OC)N1CCc2sccc2C1C. The Labute approximate surface area is 119 Å². The van der Waals surface area contributed by atoms with Crippen molar-refractivity contribution >= 4 is 17.3 Å². The minimum atomic E-state index is -0.0898. The maximum Gasteiger partial charge on any atom is 0.323 e. The lowest BCUT2D eigenvalue weighted by molar-refractivity contribution is -0.148. The summed E-state index contributed by atoms with van der Waals surface area (Å²) in [6.07, 6.45) is 4.13. The van der Waals surface area contributed by atoms with E-state index in [0.717, 1.165) is 32.2 Å². The van der Waals surface area contributed by atoms with Crippen LogP contribution in [0.5, 0.6) is 0 Å². The standard InChI is InChI=1S/C15H23NO2S/c1-4-5-6-13(15(17)18-3)16-9-7-14-12(11(16)2)8-10-19-14/h8,10-11,13H,4-7,9H2,1-3H3. The number of methoxy groups -OCH3 is 1. The van der Waals surface area contributed by atoms with Crippen LogP contribution in [-0.4, -0.2) is 30.6 Å². The van der Waals surface area contributed by atoms with E-state index in [9.17, 15) is 4.79 Å². The molecular weight excluding hydrogens is 258 g/mol. The largest absolute Gasteiger partial charge is 0.468 e. The average Bonchev–Trinajstić information content (AvgIpc) is 2.90. The lowest BCUT2D eigenvalue weighted by Gasteiger charge is -2.38. The van der Waals surface area contributed by atoms with Crippen LogP contribution >= 0.6 is 11.3 Å². The van der Waals surface area contributed by atoms with E-state index in [1.54, 1.807) is 0 Å². The molecule has 0 aliphatic carbocycles. The Hall–Kier alpha value is -0.870. The highest BCUT2D eigenvalue weighted by atomic mass is 32.1. The number of nitrogens with zero attached hydrogens (tertiary/aromatic N) is 1. The molecule has 0 amide bonds. The first-order chi connectivity index (χ1) is 9.19. The highest BCUT2D eigenvalue weighted by molar-refractivity contribution is 7.10. The van der Waals surface area contributed by atoms with Crippen molar-refractivity contribution in [1.82, 2.24) is 4.90 Å². The van der Waals surface area contributed by atoms with Gasteiger partial charge in [-0.25, -0.2) is 0 Å². The van der Waals surface area contributed by atoms with Crippen molar-refractivity contribution in [1.29, 1.82) is 0 Å². The third-order valence-electron chi connectivity index (χ3n) is 4.03. The number of fused-ring (bicyclic) bond motifs is 1. The molecule has 2 rings (SSSR count). The summed E-state index contributed by atoms with van der Waals surface area (Å²) in [6.45, 7) is 5.32. The van der Waals surface area contributed by atoms with E-state index in [-0.39, 0.29) is 12.0 Å². The molecule has 0 saturated heterocycles. The molecule has 0 fully saturated rings. The Morgan fingerprint density at radius 2 is 2.42 bits per heavy atom. The second kappa shape index (κ2) is 6.53. The molecule has 0 N–H and O–H groups in total. The molecule has 2 heterocycles. The van der Waals surface area contributed by atoms with Gasteiger partial charge in [-0.1, -0.05) is 19.8 Å². The van der Waals surface area contributed by atoms with Crippen LogP contribution in [0.4, 0.5) is 0 Å². The van der Waals surface area contributed by atoms with Gasteiger partial charge in [0, 0.05) is 17.5 Å². The summed E-state index contributed by atoms with van der Waals surface area (Å²) >= 11 is 1.83. The van der Waals surface area contributed by atoms with Crippen LogP contribution in [-0.2, 0) is 16.0 Å². The fraction of sp³-hybridized carbons (Fsp3) is 0.667. The molecule has 19 heavy (non-hydrogen) atoms. The summed E-state index contributed by atoms with van der Waals surface area (Å²) in [6, 6.07) is 2.43. The van der Waals surface area contributed by atoms with E-state index in [2.05, 4.69) is 30.2 Å². The van der Waals surface area contributed by atoms with Crippen molar-refractivity contribution in [3.05, 3.63) is 21.9 Å². The van der Waals surface area contributed by atoms with Gasteiger partial charge in [-0.2, -0.15) is 0 Å². The van der Waals surface area contributed by atoms with Crippen LogP contribution in [0.2, 0.25) is 0 Å². The zero-order valence-electron chi connectivity index (χ0n) is 12.0. The first-order valence-electron chi connectivity index (χ1n) is 7.08. The zero-order valence-corrected chi connectivity index (χ0v) is 12.8. The molecular formula is C15H23NO2S. The predicted molar refractivity (Wildman–Crippen MR) is 78.5 cm³/mol. The molecule has 2 atom stereocenters. The summed E-state index contributed by atoms with van der Waals surface area (Å²) in [4.78, 5) is 15.8. The molecule has 0 radical (unpaired) electrons. The van der Waals surface area contributed by atoms with Crippen molar-refractivity contribution in [3.63, 3.8) is 0 Å². The van der Waals surface area contributed by atoms with Gasteiger partial charge >= 0.3 is 5.97 Å². The van der Waals surface area contributed by atoms with E-state index < -0.39 is 0 Å². The Morgan fingerprint density at radius 3 is 3.11 bits per heavy atom. The molecule has 1 aliphatic heterocycles. The van der Waals surface area contributed by atoms with Crippen LogP contribution in [0.15, 0.2) is 11.4 Å². The fourth-order valence-electron chi connectivity index (χ4n) is 2.91. The fourth-order valence-corrected chi connectivity index (χ4v) is 3.87. The maximum absolute atomic E-state index is 12.1. The summed E-state index contributed by atoms with van der Waals surface area (Å²) in [5.41, 5.74) is 1.39. The quantitative estimate of drug-likeness (QED) is 0.775. The summed E-state index contributed by atoms with van der Waals surface area (Å²) in [5, 5.41) is 2.16. The molecule has 2 unspecified atom stereocenters. The molecule has 1 aromatic rings. The first kappa shape index (κ1) is 14.5. The Balaban J connectivity index is 2.16. The molecule has 0 bridgehead atoms. The van der Waals surface area contributed by atoms with Crippen LogP contribution in [0.3, 0.4) is 0 Å². The van der Waals surface area contributed by atoms with E-state index in [1.165, 1.54) is 17.6 Å². The van der Waals surface area contributed by atoms with E-state index in [1.807, 2.05) is 11.3 Å². The van der Waals surface area contributed by atoms with Gasteiger partial charge in [0.25, 0.3) is 0 Å². The number of carbonyl (C=O) groups is 1. The lowest BCUT2D eigenvalue weighted by Crippen LogP contribution is -2.46. The monoisotopic (exact) mass is 281 g/mol. The molecule has 1 aromatic heterocycles. The molecule has 0 saturated carbocycles. The predicted octanol–water partition coefficient (Wildman–Crippen LogP) is 3.40. The van der Waals surface area contributed by atoms with E-state index in [0.29, 0.717) is 6.04 Å². The molecule has 0 aromatic carbocycles. The minimum absolute atomic E-state index is 0.0843. The third-order valence-corrected chi connectivity index (χ3v) is 5.03. The van der Waals surface area contributed by atoms with Gasteiger partial charge in [-0.05, 0) is 36.8 Å². The highest BCUT2D eigenvalue weighted by Gasteiger charge is 2.34. The van der Waals surface area contributed by atoms with Crippen molar-refractivity contribution in [2.45, 2.75) is 51.6 Å². The molecule has 3 nitrogen and oxygen atoms in total. The number of hydrogen-bond donors (Lipinski definition) is 0. The van der Waals surface area contributed by atoms with Gasteiger partial charge in [0.1, 0.15) is 6.04 Å². The van der Waals surface area contributed by atoms with E-state index >= 15 is 0 Å². The summed E-state index contributed by atoms with van der Waals surface area (Å²) in [7, 11) is 1.49. The zero-order chi connectivity index (χ0) is 13.8. The number of unbranched alkanes of at least 4 members (excludes halogenated alkanes) is 1. The lowest BCUT2D eigenvalue weighted by atomic mass is 9.97. The molecule has 0 spiro atoms. The van der Waals surface area contributed by atoms with Crippen LogP contribution in [0.25, 0.3) is 0 Å². The Morgan fingerprint density at radius 1 is 1.63 bits per heavy atom. The van der Waals surface area contributed by atoms with Gasteiger partial charge < -0.3 is 4.74 Å². The second-order valence-electron chi connectivity index (χ2n) is 5.14. The third kappa shape index (κ3) is 3.00. The van der Waals surface area contributed by atoms with Crippen LogP contribution in [0.1, 0.15) is 49.6 Å². The first-order valence-corrected chi connectivity index (χ1v) is 7.96. The highest BCUT2D eigenvalue weighted by Crippen LogP contribution is 2.35. The van der Waals surface area contributed by atoms with Crippen molar-refractivity contribution < 1.29 is 9.53 Å². The van der Waals surface area contributed by atoms with Crippen LogP contribution < -0.4 is 0 Å². The topological polar surface area (TPSA) is 29.5 Å². The van der Waals surface area contributed by atoms with Gasteiger partial charge in [0.05, 0.1) is 7.11 Å². The van der Waals surface area contributed by atoms with Gasteiger partial charge in [-0.3, -0.25) is 9.69 Å².